The van der Waals surface area contributed by atoms with Gasteiger partial charge in [-0.2, -0.15) is 4.73 Å². The highest BCUT2D eigenvalue weighted by molar-refractivity contribution is 6.01. The third-order valence-electron chi connectivity index (χ3n) is 3.66. The first-order valence-electron chi connectivity index (χ1n) is 7.70. The van der Waals surface area contributed by atoms with Gasteiger partial charge in [0.1, 0.15) is 0 Å². The van der Waals surface area contributed by atoms with Gasteiger partial charge in [0.25, 0.3) is 0 Å². The molecule has 0 unspecified atom stereocenters. The second-order valence-electron chi connectivity index (χ2n) is 5.34. The molecule has 0 spiro atoms. The zero-order chi connectivity index (χ0) is 17.6. The molecule has 0 N–H and O–H groups in total. The molecule has 0 amide bonds. The van der Waals surface area contributed by atoms with Crippen molar-refractivity contribution in [2.75, 3.05) is 0 Å². The van der Waals surface area contributed by atoms with Gasteiger partial charge in [-0.15, -0.1) is 0 Å². The maximum Gasteiger partial charge on any atom is 0.406 e. The molecule has 0 aliphatic carbocycles. The Labute approximate surface area is 144 Å². The first-order valence-corrected chi connectivity index (χ1v) is 7.70. The molecule has 124 valence electrons. The average molecular weight is 333 g/mol. The van der Waals surface area contributed by atoms with Gasteiger partial charge in [-0.3, -0.25) is 4.79 Å². The standard InChI is InChI=1S/C20H15NO4/c22-18(15-9-3-1-4-10-15)19(16-11-5-2-6-12-16)25-20(23)17-13-7-8-14-21(17)24/h1-14,19H/t19-/m0/s1. The Morgan fingerprint density at radius 1 is 0.840 bits per heavy atom. The summed E-state index contributed by atoms with van der Waals surface area (Å²) >= 11 is 0. The number of ether oxygens (including phenoxy) is 1. The van der Waals surface area contributed by atoms with E-state index in [0.29, 0.717) is 15.9 Å². The second-order valence-corrected chi connectivity index (χ2v) is 5.34. The molecule has 1 atom stereocenters. The van der Waals surface area contributed by atoms with Gasteiger partial charge in [-0.05, 0) is 6.07 Å². The van der Waals surface area contributed by atoms with Crippen LogP contribution < -0.4 is 4.73 Å². The van der Waals surface area contributed by atoms with E-state index in [2.05, 4.69) is 0 Å². The maximum absolute atomic E-state index is 12.8. The van der Waals surface area contributed by atoms with E-state index in [1.54, 1.807) is 66.7 Å². The fraction of sp³-hybridized carbons (Fsp3) is 0.0500. The van der Waals surface area contributed by atoms with Crippen LogP contribution in [0.15, 0.2) is 85.1 Å². The molecule has 1 heterocycles. The van der Waals surface area contributed by atoms with E-state index >= 15 is 0 Å². The number of carbonyl (C=O) groups is 2. The summed E-state index contributed by atoms with van der Waals surface area (Å²) in [6.07, 6.45) is 0.0731. The molecular formula is C20H15NO4. The minimum absolute atomic E-state index is 0.177. The molecule has 5 heteroatoms. The van der Waals surface area contributed by atoms with E-state index in [4.69, 9.17) is 4.74 Å². The predicted octanol–water partition coefficient (Wildman–Crippen LogP) is 3.10. The van der Waals surface area contributed by atoms with Gasteiger partial charge in [0, 0.05) is 23.3 Å². The quantitative estimate of drug-likeness (QED) is 0.311. The van der Waals surface area contributed by atoms with Crippen LogP contribution in [0, 0.1) is 5.21 Å². The summed E-state index contributed by atoms with van der Waals surface area (Å²) < 4.78 is 5.82. The van der Waals surface area contributed by atoms with Crippen molar-refractivity contribution in [2.45, 2.75) is 6.10 Å². The second kappa shape index (κ2) is 7.40. The topological polar surface area (TPSA) is 70.3 Å². The molecule has 3 rings (SSSR count). The SMILES string of the molecule is O=C(O[C@H](C(=O)c1ccccc1)c1ccccc1)c1cccc[n+]1[O-]. The van der Waals surface area contributed by atoms with Gasteiger partial charge in [-0.1, -0.05) is 60.7 Å². The number of rotatable bonds is 5. The van der Waals surface area contributed by atoms with Gasteiger partial charge in [0.15, 0.2) is 12.3 Å². The molecule has 2 aromatic carbocycles. The maximum atomic E-state index is 12.8. The number of hydrogen-bond acceptors (Lipinski definition) is 4. The molecule has 0 radical (unpaired) electrons. The summed E-state index contributed by atoms with van der Waals surface area (Å²) in [6.45, 7) is 0. The first kappa shape index (κ1) is 16.4. The lowest BCUT2D eigenvalue weighted by Gasteiger charge is -2.17. The molecule has 0 aliphatic heterocycles. The highest BCUT2D eigenvalue weighted by atomic mass is 16.6. The number of nitrogens with zero attached hydrogens (tertiary/aromatic N) is 1. The molecule has 0 fully saturated rings. The normalized spacial score (nSPS) is 11.5. The lowest BCUT2D eigenvalue weighted by molar-refractivity contribution is -0.608. The number of benzene rings is 2. The van der Waals surface area contributed by atoms with Gasteiger partial charge in [-0.25, -0.2) is 4.79 Å². The first-order chi connectivity index (χ1) is 12.2. The van der Waals surface area contributed by atoms with Crippen LogP contribution in [0.4, 0.5) is 0 Å². The number of hydrogen-bond donors (Lipinski definition) is 0. The molecule has 1 aromatic heterocycles. The van der Waals surface area contributed by atoms with Crippen LogP contribution in [0.2, 0.25) is 0 Å². The Balaban J connectivity index is 1.94. The third-order valence-corrected chi connectivity index (χ3v) is 3.66. The molecule has 3 aromatic rings. The molecule has 0 saturated carbocycles. The number of pyridine rings is 1. The average Bonchev–Trinajstić information content (AvgIpc) is 2.67. The van der Waals surface area contributed by atoms with Crippen molar-refractivity contribution in [2.24, 2.45) is 0 Å². The van der Waals surface area contributed by atoms with E-state index < -0.39 is 12.1 Å². The van der Waals surface area contributed by atoms with Gasteiger partial charge in [0.2, 0.25) is 5.78 Å². The summed E-state index contributed by atoms with van der Waals surface area (Å²) in [4.78, 5) is 25.2. The predicted molar refractivity (Wildman–Crippen MR) is 90.8 cm³/mol. The summed E-state index contributed by atoms with van der Waals surface area (Å²) in [7, 11) is 0. The fourth-order valence-electron chi connectivity index (χ4n) is 2.41. The number of Topliss-reactive ketones (excluding diaryl/α,β-unsaturated/α-hetero) is 1. The summed E-state index contributed by atoms with van der Waals surface area (Å²) in [5.41, 5.74) is 0.787. The molecular weight excluding hydrogens is 318 g/mol. The summed E-state index contributed by atoms with van der Waals surface area (Å²) in [5, 5.41) is 11.7. The van der Waals surface area contributed by atoms with Crippen molar-refractivity contribution < 1.29 is 19.1 Å². The Bertz CT molecular complexity index is 878. The minimum atomic E-state index is -1.13. The van der Waals surface area contributed by atoms with Gasteiger partial charge in [0.05, 0.1) is 0 Å². The number of esters is 1. The summed E-state index contributed by atoms with van der Waals surface area (Å²) in [5.74, 6) is -1.21. The number of ketones is 1. The largest absolute Gasteiger partial charge is 0.618 e. The lowest BCUT2D eigenvalue weighted by Crippen LogP contribution is -2.35. The molecule has 0 bridgehead atoms. The van der Waals surface area contributed by atoms with Crippen molar-refractivity contribution >= 4 is 11.8 Å². The van der Waals surface area contributed by atoms with Crippen LogP contribution in [-0.4, -0.2) is 11.8 Å². The van der Waals surface area contributed by atoms with Crippen LogP contribution in [0.5, 0.6) is 0 Å². The van der Waals surface area contributed by atoms with E-state index in [1.165, 1.54) is 18.3 Å². The van der Waals surface area contributed by atoms with Crippen LogP contribution in [0.3, 0.4) is 0 Å². The van der Waals surface area contributed by atoms with Crippen LogP contribution in [0.1, 0.15) is 32.5 Å². The Kier molecular flexibility index (Phi) is 4.85. The number of aromatic nitrogens is 1. The van der Waals surface area contributed by atoms with Crippen molar-refractivity contribution in [3.05, 3.63) is 107 Å². The van der Waals surface area contributed by atoms with Crippen LogP contribution in [0.25, 0.3) is 0 Å². The lowest BCUT2D eigenvalue weighted by atomic mass is 10.00. The zero-order valence-corrected chi connectivity index (χ0v) is 13.2. The molecule has 0 aliphatic rings. The highest BCUT2D eigenvalue weighted by Crippen LogP contribution is 2.23. The van der Waals surface area contributed by atoms with Gasteiger partial charge < -0.3 is 9.94 Å². The van der Waals surface area contributed by atoms with Crippen molar-refractivity contribution in [1.29, 1.82) is 0 Å². The molecule has 5 nitrogen and oxygen atoms in total. The summed E-state index contributed by atoms with van der Waals surface area (Å²) in [6, 6.07) is 21.7. The van der Waals surface area contributed by atoms with E-state index in [1.807, 2.05) is 0 Å². The minimum Gasteiger partial charge on any atom is -0.618 e. The Morgan fingerprint density at radius 3 is 2.08 bits per heavy atom. The molecule has 25 heavy (non-hydrogen) atoms. The smallest absolute Gasteiger partial charge is 0.406 e. The van der Waals surface area contributed by atoms with Gasteiger partial charge >= 0.3 is 11.7 Å². The Hall–Kier alpha value is -3.47. The van der Waals surface area contributed by atoms with Crippen molar-refractivity contribution in [3.8, 4) is 0 Å². The zero-order valence-electron chi connectivity index (χ0n) is 13.2. The Morgan fingerprint density at radius 2 is 1.44 bits per heavy atom. The van der Waals surface area contributed by atoms with Crippen molar-refractivity contribution in [1.82, 2.24) is 0 Å². The van der Waals surface area contributed by atoms with E-state index in [9.17, 15) is 14.8 Å². The van der Waals surface area contributed by atoms with Crippen molar-refractivity contribution in [3.63, 3.8) is 0 Å². The van der Waals surface area contributed by atoms with E-state index in [0.717, 1.165) is 0 Å². The molecule has 0 saturated heterocycles. The van der Waals surface area contributed by atoms with E-state index in [-0.39, 0.29) is 11.5 Å². The highest BCUT2D eigenvalue weighted by Gasteiger charge is 2.29. The monoisotopic (exact) mass is 333 g/mol. The fourth-order valence-corrected chi connectivity index (χ4v) is 2.41. The number of carbonyl (C=O) groups excluding carboxylic acids is 2. The van der Waals surface area contributed by atoms with Crippen LogP contribution in [-0.2, 0) is 4.74 Å². The van der Waals surface area contributed by atoms with Crippen LogP contribution >= 0.6 is 0 Å². The third kappa shape index (κ3) is 3.72.